The Morgan fingerprint density at radius 2 is 0.754 bits per heavy atom. The SMILES string of the molecule is CC(C)CCCC(C)C1CCC2C3CC=C4CC(OC(=O)CCOCCNC(=O)CBr)CCC4(C)C3CCC12C.CCCOCCC(=O)OC1CCC2(C)C(=CCC3C2CCC2(C)C(C(C)CCCC(C)C)CCC32)C1.[NH3+]CCOCCOCCOCCOCCOCCOCCOCCOCCOCCOCCOCCOCCC(=O)[O-]. The molecule has 0 heterocycles. The van der Waals surface area contributed by atoms with Gasteiger partial charge < -0.3 is 96.7 Å². The van der Waals surface area contributed by atoms with Crippen LogP contribution in [0.4, 0.5) is 0 Å². The highest BCUT2D eigenvalue weighted by atomic mass is 79.9. The normalized spacial score (nSPS) is 28.0. The molecule has 16 unspecified atom stereocenters. The lowest BCUT2D eigenvalue weighted by Gasteiger charge is -2.58. The first kappa shape index (κ1) is 104. The van der Waals surface area contributed by atoms with Crippen LogP contribution in [0, 0.1) is 92.7 Å². The van der Waals surface area contributed by atoms with Crippen molar-refractivity contribution in [1.82, 2.24) is 5.32 Å². The number of rotatable bonds is 62. The third-order valence-electron chi connectivity index (χ3n) is 27.9. The number of alkyl halides is 1. The molecule has 118 heavy (non-hydrogen) atoms. The smallest absolute Gasteiger partial charge is 0.308 e. The average Bonchev–Trinajstić information content (AvgIpc) is 1.38. The lowest BCUT2D eigenvalue weighted by molar-refractivity contribution is -0.374. The predicted octanol–water partition coefficient (Wildman–Crippen LogP) is 14.2. The molecule has 0 aliphatic heterocycles. The molecule has 0 saturated heterocycles. The number of allylic oxidation sites excluding steroid dienone is 2. The quantitative estimate of drug-likeness (QED) is 0.0248. The number of amides is 1. The molecule has 6 saturated carbocycles. The highest BCUT2D eigenvalue weighted by Gasteiger charge is 2.61. The molecule has 8 aliphatic carbocycles. The van der Waals surface area contributed by atoms with E-state index in [2.05, 4.69) is 115 Å². The summed E-state index contributed by atoms with van der Waals surface area (Å²) in [5, 5.41) is 13.2. The maximum atomic E-state index is 12.5. The molecule has 8 aliphatic rings. The number of fused-ring (bicyclic) bond motifs is 10. The summed E-state index contributed by atoms with van der Waals surface area (Å²) in [6.45, 7) is 41.9. The van der Waals surface area contributed by atoms with Gasteiger partial charge in [-0.1, -0.05) is 154 Å². The van der Waals surface area contributed by atoms with Crippen molar-refractivity contribution in [3.8, 4) is 0 Å². The summed E-state index contributed by atoms with van der Waals surface area (Å²) in [5.41, 5.74) is 8.54. The zero-order chi connectivity index (χ0) is 85.3. The molecule has 23 nitrogen and oxygen atoms in total. The molecule has 6 fully saturated rings. The number of carbonyl (C=O) groups excluding carboxylic acids is 4. The molecule has 16 atom stereocenters. The summed E-state index contributed by atoms with van der Waals surface area (Å²) < 4.78 is 87.3. The highest BCUT2D eigenvalue weighted by Crippen LogP contribution is 2.69. The van der Waals surface area contributed by atoms with Crippen LogP contribution in [0.5, 0.6) is 0 Å². The number of carboxylic acids is 1. The van der Waals surface area contributed by atoms with Gasteiger partial charge in [-0.3, -0.25) is 14.4 Å². The number of aliphatic carboxylic acids is 1. The second kappa shape index (κ2) is 59.3. The Kier molecular flexibility index (Phi) is 52.2. The van der Waals surface area contributed by atoms with Crippen LogP contribution in [0.15, 0.2) is 23.3 Å². The minimum Gasteiger partial charge on any atom is -0.550 e. The van der Waals surface area contributed by atoms with Gasteiger partial charge in [0.25, 0.3) is 0 Å². The minimum absolute atomic E-state index is 0.00185. The van der Waals surface area contributed by atoms with Gasteiger partial charge in [0.15, 0.2) is 0 Å². The molecule has 0 aromatic carbocycles. The molecule has 0 aromatic rings. The largest absolute Gasteiger partial charge is 0.550 e. The first-order chi connectivity index (χ1) is 57.0. The fraction of sp³-hybridized carbons (Fsp3) is 0.915. The summed E-state index contributed by atoms with van der Waals surface area (Å²) in [5.74, 6) is 8.85. The molecule has 1 amide bonds. The van der Waals surface area contributed by atoms with Crippen molar-refractivity contribution in [3.05, 3.63) is 23.3 Å². The third kappa shape index (κ3) is 36.7. The second-order valence-corrected chi connectivity index (χ2v) is 37.4. The topological polar surface area (TPSA) is 279 Å². The van der Waals surface area contributed by atoms with E-state index in [-0.39, 0.29) is 60.2 Å². The van der Waals surface area contributed by atoms with E-state index in [0.29, 0.717) is 201 Å². The number of ether oxygens (including phenoxy) is 16. The Morgan fingerprint density at radius 1 is 0.424 bits per heavy atom. The summed E-state index contributed by atoms with van der Waals surface area (Å²) in [7, 11) is 0. The summed E-state index contributed by atoms with van der Waals surface area (Å²) in [6, 6.07) is 0. The first-order valence-corrected chi connectivity index (χ1v) is 47.8. The van der Waals surface area contributed by atoms with E-state index in [1.54, 1.807) is 11.1 Å². The van der Waals surface area contributed by atoms with Gasteiger partial charge in [0.1, 0.15) is 12.2 Å². The molecule has 686 valence electrons. The molecule has 0 bridgehead atoms. The average molecular weight is 1740 g/mol. The molecule has 8 rings (SSSR count). The van der Waals surface area contributed by atoms with Gasteiger partial charge >= 0.3 is 11.9 Å². The number of hydrogen-bond donors (Lipinski definition) is 2. The molecule has 0 spiro atoms. The minimum atomic E-state index is -1.12. The molecular weight excluding hydrogens is 1570 g/mol. The number of esters is 2. The van der Waals surface area contributed by atoms with Crippen molar-refractivity contribution in [2.75, 3.05) is 203 Å². The lowest BCUT2D eigenvalue weighted by Crippen LogP contribution is -2.52. The Morgan fingerprint density at radius 3 is 1.08 bits per heavy atom. The Labute approximate surface area is 721 Å². The Hall–Kier alpha value is -2.76. The maximum Gasteiger partial charge on any atom is 0.308 e. The van der Waals surface area contributed by atoms with Crippen molar-refractivity contribution < 1.29 is 106 Å². The number of hydrogen-bond acceptors (Lipinski definition) is 21. The van der Waals surface area contributed by atoms with E-state index >= 15 is 0 Å². The van der Waals surface area contributed by atoms with Crippen molar-refractivity contribution in [2.45, 2.75) is 255 Å². The Bertz CT molecular complexity index is 2770. The lowest BCUT2D eigenvalue weighted by atomic mass is 9.47. The number of quaternary nitrogens is 1. The predicted molar refractivity (Wildman–Crippen MR) is 461 cm³/mol. The highest BCUT2D eigenvalue weighted by molar-refractivity contribution is 9.09. The van der Waals surface area contributed by atoms with Crippen LogP contribution < -0.4 is 16.2 Å². The van der Waals surface area contributed by atoms with E-state index in [9.17, 15) is 24.3 Å². The first-order valence-electron chi connectivity index (χ1n) is 46.7. The molecule has 0 radical (unpaired) electrons. The van der Waals surface area contributed by atoms with E-state index in [1.165, 1.54) is 109 Å². The van der Waals surface area contributed by atoms with E-state index in [0.717, 1.165) is 123 Å². The van der Waals surface area contributed by atoms with Crippen molar-refractivity contribution in [3.63, 3.8) is 0 Å². The van der Waals surface area contributed by atoms with Gasteiger partial charge in [-0.2, -0.15) is 0 Å². The van der Waals surface area contributed by atoms with Crippen LogP contribution in [-0.4, -0.2) is 239 Å². The van der Waals surface area contributed by atoms with Crippen molar-refractivity contribution >= 4 is 39.7 Å². The third-order valence-corrected chi connectivity index (χ3v) is 28.4. The van der Waals surface area contributed by atoms with Crippen LogP contribution in [-0.2, 0) is 95.0 Å². The van der Waals surface area contributed by atoms with Crippen LogP contribution >= 0.6 is 15.9 Å². The van der Waals surface area contributed by atoms with Crippen LogP contribution in [0.3, 0.4) is 0 Å². The molecular formula is C94H167BrN2O21. The van der Waals surface area contributed by atoms with E-state index in [1.807, 2.05) is 0 Å². The van der Waals surface area contributed by atoms with Crippen molar-refractivity contribution in [2.24, 2.45) is 92.7 Å². The fourth-order valence-electron chi connectivity index (χ4n) is 21.7. The zero-order valence-electron chi connectivity index (χ0n) is 75.7. The maximum absolute atomic E-state index is 12.5. The van der Waals surface area contributed by atoms with E-state index < -0.39 is 5.97 Å². The number of halogens is 1. The standard InChI is InChI=1S/C34H56BrNO4.C33H56O3.C27H55NO14/c1-23(2)7-6-8-24(3)28-11-12-29-27-10-9-25-21-26(13-16-33(25,4)30(27)14-17-34(28,29)5)40-32(38)15-19-39-20-18-36-31(37)22-35;1-7-20-35-21-17-31(34)36-26-15-18-32(5)25(22-26)11-12-27-29-14-13-28(24(4)10-8-9-23(2)3)33(29,6)19-16-30(27)32;28-2-4-32-6-8-34-10-12-36-14-16-38-18-20-40-22-24-42-26-25-41-23-21-39-19-17-37-15-13-35-11-9-33-7-5-31-3-1-27(29)30/h9,23-24,26-30H,6-8,10-22H2,1-5H3,(H,36,37);11,23-24,26-30H,7-10,12-22H2,1-6H3;1-26,28H2,(H,29,30). The molecule has 4 N–H and O–H groups in total. The number of nitrogens with one attached hydrogen (secondary N) is 1. The Balaban J connectivity index is 0.000000275. The van der Waals surface area contributed by atoms with Gasteiger partial charge in [0.2, 0.25) is 5.91 Å². The fourth-order valence-corrected chi connectivity index (χ4v) is 21.9. The van der Waals surface area contributed by atoms with Gasteiger partial charge in [0.05, 0.1) is 203 Å². The summed E-state index contributed by atoms with van der Waals surface area (Å²) in [4.78, 5) is 46.3. The second-order valence-electron chi connectivity index (χ2n) is 36.8. The monoisotopic (exact) mass is 1740 g/mol. The van der Waals surface area contributed by atoms with E-state index in [4.69, 9.17) is 75.8 Å². The van der Waals surface area contributed by atoms with Crippen molar-refractivity contribution in [1.29, 1.82) is 0 Å². The zero-order valence-corrected chi connectivity index (χ0v) is 77.3. The van der Waals surface area contributed by atoms with Crippen LogP contribution in [0.25, 0.3) is 0 Å². The summed E-state index contributed by atoms with van der Waals surface area (Å²) in [6.07, 6.45) is 35.2. The van der Waals surface area contributed by atoms with Gasteiger partial charge in [-0.05, 0) is 189 Å². The number of carbonyl (C=O) groups is 4. The van der Waals surface area contributed by atoms with Gasteiger partial charge in [-0.15, -0.1) is 0 Å². The van der Waals surface area contributed by atoms with Crippen LogP contribution in [0.2, 0.25) is 0 Å². The number of carboxylic acid groups (broad SMARTS) is 1. The van der Waals surface area contributed by atoms with Gasteiger partial charge in [-0.25, -0.2) is 0 Å². The molecule has 0 aromatic heterocycles. The molecule has 24 heteroatoms. The summed E-state index contributed by atoms with van der Waals surface area (Å²) >= 11 is 3.12. The van der Waals surface area contributed by atoms with Gasteiger partial charge in [0, 0.05) is 38.4 Å². The van der Waals surface area contributed by atoms with Crippen LogP contribution in [0.1, 0.15) is 243 Å².